The third-order valence-electron chi connectivity index (χ3n) is 2.84. The smallest absolute Gasteiger partial charge is 0.0414 e. The van der Waals surface area contributed by atoms with E-state index in [4.69, 9.17) is 5.73 Å². The normalized spacial score (nSPS) is 21.4. The van der Waals surface area contributed by atoms with Crippen LogP contribution in [0.4, 0.5) is 5.69 Å². The number of hydrogen-bond acceptors (Lipinski definition) is 2. The third kappa shape index (κ3) is 1.42. The van der Waals surface area contributed by atoms with E-state index >= 15 is 0 Å². The van der Waals surface area contributed by atoms with E-state index in [2.05, 4.69) is 36.1 Å². The van der Waals surface area contributed by atoms with Gasteiger partial charge in [0, 0.05) is 24.8 Å². The molecule has 1 unspecified atom stereocenters. The topological polar surface area (TPSA) is 29.3 Å². The van der Waals surface area contributed by atoms with Gasteiger partial charge in [-0.2, -0.15) is 0 Å². The lowest BCUT2D eigenvalue weighted by molar-refractivity contribution is 0.480. The monoisotopic (exact) mass is 176 g/mol. The Morgan fingerprint density at radius 2 is 2.23 bits per heavy atom. The van der Waals surface area contributed by atoms with E-state index in [1.807, 2.05) is 0 Å². The van der Waals surface area contributed by atoms with Gasteiger partial charge in [0.1, 0.15) is 0 Å². The minimum absolute atomic E-state index is 0.638. The summed E-state index contributed by atoms with van der Waals surface area (Å²) in [5, 5.41) is 0. The first-order valence-corrected chi connectivity index (χ1v) is 4.87. The molecule has 0 radical (unpaired) electrons. The predicted octanol–water partition coefficient (Wildman–Crippen LogP) is 1.74. The second kappa shape index (κ2) is 3.38. The maximum atomic E-state index is 5.69. The van der Waals surface area contributed by atoms with Gasteiger partial charge in [0.25, 0.3) is 0 Å². The van der Waals surface area contributed by atoms with E-state index < -0.39 is 0 Å². The summed E-state index contributed by atoms with van der Waals surface area (Å²) in [7, 11) is 0. The lowest BCUT2D eigenvalue weighted by Crippen LogP contribution is -2.46. The molecule has 1 saturated heterocycles. The Labute approximate surface area is 79.4 Å². The molecule has 0 amide bonds. The zero-order valence-corrected chi connectivity index (χ0v) is 8.03. The van der Waals surface area contributed by atoms with Gasteiger partial charge in [0.05, 0.1) is 0 Å². The van der Waals surface area contributed by atoms with Crippen LogP contribution in [0, 0.1) is 0 Å². The lowest BCUT2D eigenvalue weighted by Gasteiger charge is -2.41. The molecule has 1 aromatic carbocycles. The summed E-state index contributed by atoms with van der Waals surface area (Å²) in [6, 6.07) is 9.10. The first kappa shape index (κ1) is 8.57. The number of hydrogen-bond donors (Lipinski definition) is 1. The van der Waals surface area contributed by atoms with Crippen molar-refractivity contribution in [3.05, 3.63) is 29.8 Å². The summed E-state index contributed by atoms with van der Waals surface area (Å²) in [4.78, 5) is 2.42. The molecule has 0 aromatic heterocycles. The molecular formula is C11H16N2. The highest BCUT2D eigenvalue weighted by Gasteiger charge is 2.24. The molecule has 2 nitrogen and oxygen atoms in total. The number of rotatable bonds is 2. The number of benzene rings is 1. The van der Waals surface area contributed by atoms with Crippen molar-refractivity contribution in [1.82, 2.24) is 0 Å². The van der Waals surface area contributed by atoms with Gasteiger partial charge in [-0.15, -0.1) is 0 Å². The van der Waals surface area contributed by atoms with Crippen LogP contribution in [-0.4, -0.2) is 12.6 Å². The number of nitrogens with two attached hydrogens (primary N) is 1. The van der Waals surface area contributed by atoms with Crippen molar-refractivity contribution in [3.8, 4) is 0 Å². The van der Waals surface area contributed by atoms with Crippen LogP contribution in [0.25, 0.3) is 0 Å². The van der Waals surface area contributed by atoms with Crippen molar-refractivity contribution in [3.63, 3.8) is 0 Å². The summed E-state index contributed by atoms with van der Waals surface area (Å²) >= 11 is 0. The Balaban J connectivity index is 2.28. The highest BCUT2D eigenvalue weighted by atomic mass is 15.2. The van der Waals surface area contributed by atoms with Gasteiger partial charge < -0.3 is 10.6 Å². The molecule has 2 N–H and O–H groups in total. The zero-order chi connectivity index (χ0) is 9.26. The molecule has 2 rings (SSSR count). The van der Waals surface area contributed by atoms with Crippen LogP contribution in [0.3, 0.4) is 0 Å². The third-order valence-corrected chi connectivity index (χ3v) is 2.84. The number of anilines is 1. The second-order valence-corrected chi connectivity index (χ2v) is 3.66. The summed E-state index contributed by atoms with van der Waals surface area (Å²) in [5.74, 6) is 0. The number of para-hydroxylation sites is 1. The fourth-order valence-electron chi connectivity index (χ4n) is 1.84. The minimum Gasteiger partial charge on any atom is -0.368 e. The van der Waals surface area contributed by atoms with Crippen molar-refractivity contribution in [2.24, 2.45) is 5.73 Å². The Hall–Kier alpha value is -1.02. The van der Waals surface area contributed by atoms with Gasteiger partial charge >= 0.3 is 0 Å². The van der Waals surface area contributed by atoms with Gasteiger partial charge in [0.15, 0.2) is 0 Å². The molecule has 1 fully saturated rings. The number of nitrogens with zero attached hydrogens (tertiary/aromatic N) is 1. The van der Waals surface area contributed by atoms with Crippen LogP contribution in [0.1, 0.15) is 18.9 Å². The summed E-state index contributed by atoms with van der Waals surface area (Å²) < 4.78 is 0. The molecule has 0 spiro atoms. The highest BCUT2D eigenvalue weighted by Crippen LogP contribution is 2.28. The van der Waals surface area contributed by atoms with Crippen LogP contribution in [-0.2, 0) is 6.54 Å². The minimum atomic E-state index is 0.638. The van der Waals surface area contributed by atoms with Gasteiger partial charge in [-0.05, 0) is 25.0 Å². The Bertz CT molecular complexity index is 296. The van der Waals surface area contributed by atoms with E-state index in [0.717, 1.165) is 0 Å². The molecule has 70 valence electrons. The first-order chi connectivity index (χ1) is 6.33. The summed E-state index contributed by atoms with van der Waals surface area (Å²) in [5.41, 5.74) is 8.27. The van der Waals surface area contributed by atoms with Gasteiger partial charge in [0.2, 0.25) is 0 Å². The van der Waals surface area contributed by atoms with Gasteiger partial charge in [-0.25, -0.2) is 0 Å². The highest BCUT2D eigenvalue weighted by molar-refractivity contribution is 5.56. The molecule has 0 saturated carbocycles. The first-order valence-electron chi connectivity index (χ1n) is 4.87. The molecular weight excluding hydrogens is 160 g/mol. The van der Waals surface area contributed by atoms with Gasteiger partial charge in [-0.3, -0.25) is 0 Å². The maximum absolute atomic E-state index is 5.69. The Morgan fingerprint density at radius 3 is 2.77 bits per heavy atom. The van der Waals surface area contributed by atoms with Crippen molar-refractivity contribution in [2.75, 3.05) is 11.4 Å². The van der Waals surface area contributed by atoms with E-state index in [1.54, 1.807) is 0 Å². The largest absolute Gasteiger partial charge is 0.368 e. The maximum Gasteiger partial charge on any atom is 0.0414 e. The van der Waals surface area contributed by atoms with E-state index in [-0.39, 0.29) is 0 Å². The van der Waals surface area contributed by atoms with E-state index in [1.165, 1.54) is 24.2 Å². The van der Waals surface area contributed by atoms with Crippen LogP contribution >= 0.6 is 0 Å². The molecule has 13 heavy (non-hydrogen) atoms. The molecule has 1 atom stereocenters. The molecule has 0 bridgehead atoms. The quantitative estimate of drug-likeness (QED) is 0.743. The molecule has 1 heterocycles. The Kier molecular flexibility index (Phi) is 2.23. The SMILES string of the molecule is CC1CCN1c1ccccc1CN. The molecule has 1 aliphatic rings. The molecule has 0 aliphatic carbocycles. The van der Waals surface area contributed by atoms with Crippen molar-refractivity contribution < 1.29 is 0 Å². The predicted molar refractivity (Wildman–Crippen MR) is 55.8 cm³/mol. The van der Waals surface area contributed by atoms with Crippen LogP contribution < -0.4 is 10.6 Å². The van der Waals surface area contributed by atoms with E-state index in [0.29, 0.717) is 12.6 Å². The average molecular weight is 176 g/mol. The summed E-state index contributed by atoms with van der Waals surface area (Å²) in [6.07, 6.45) is 1.30. The average Bonchev–Trinajstić information content (AvgIpc) is 2.16. The molecule has 1 aromatic rings. The lowest BCUT2D eigenvalue weighted by atomic mass is 10.0. The zero-order valence-electron chi connectivity index (χ0n) is 8.03. The standard InChI is InChI=1S/C11H16N2/c1-9-6-7-13(9)11-5-3-2-4-10(11)8-12/h2-5,9H,6-8,12H2,1H3. The molecule has 2 heteroatoms. The fourth-order valence-corrected chi connectivity index (χ4v) is 1.84. The van der Waals surface area contributed by atoms with Crippen LogP contribution in [0.2, 0.25) is 0 Å². The van der Waals surface area contributed by atoms with Crippen LogP contribution in [0.5, 0.6) is 0 Å². The van der Waals surface area contributed by atoms with Crippen molar-refractivity contribution in [2.45, 2.75) is 25.9 Å². The van der Waals surface area contributed by atoms with Gasteiger partial charge in [-0.1, -0.05) is 18.2 Å². The van der Waals surface area contributed by atoms with E-state index in [9.17, 15) is 0 Å². The van der Waals surface area contributed by atoms with Crippen LogP contribution in [0.15, 0.2) is 24.3 Å². The second-order valence-electron chi connectivity index (χ2n) is 3.66. The molecule has 1 aliphatic heterocycles. The Morgan fingerprint density at radius 1 is 1.46 bits per heavy atom. The van der Waals surface area contributed by atoms with Crippen molar-refractivity contribution >= 4 is 5.69 Å². The van der Waals surface area contributed by atoms with Crippen molar-refractivity contribution in [1.29, 1.82) is 0 Å². The summed E-state index contributed by atoms with van der Waals surface area (Å²) in [6.45, 7) is 4.08. The fraction of sp³-hybridized carbons (Fsp3) is 0.455.